The fourth-order valence-electron chi connectivity index (χ4n) is 1.99. The molecule has 0 aromatic heterocycles. The van der Waals surface area contributed by atoms with E-state index in [0.717, 1.165) is 5.69 Å². The lowest BCUT2D eigenvalue weighted by Gasteiger charge is -2.17. The first-order chi connectivity index (χ1) is 9.69. The van der Waals surface area contributed by atoms with Crippen molar-refractivity contribution in [1.82, 2.24) is 0 Å². The highest BCUT2D eigenvalue weighted by atomic mass is 16.3. The van der Waals surface area contributed by atoms with Crippen molar-refractivity contribution in [2.45, 2.75) is 6.92 Å². The van der Waals surface area contributed by atoms with Gasteiger partial charge in [0.1, 0.15) is 0 Å². The molecule has 0 atom stereocenters. The summed E-state index contributed by atoms with van der Waals surface area (Å²) in [6, 6.07) is 16.8. The van der Waals surface area contributed by atoms with Crippen LogP contribution in [-0.2, 0) is 0 Å². The van der Waals surface area contributed by atoms with Crippen LogP contribution in [-0.4, -0.2) is 25.3 Å². The second-order valence-electron chi connectivity index (χ2n) is 4.98. The Morgan fingerprint density at radius 1 is 0.900 bits per heavy atom. The van der Waals surface area contributed by atoms with Crippen LogP contribution in [0.1, 0.15) is 16.7 Å². The van der Waals surface area contributed by atoms with E-state index in [1.54, 1.807) is 0 Å². The first kappa shape index (κ1) is 14.4. The summed E-state index contributed by atoms with van der Waals surface area (Å²) in [7, 11) is 1.98. The van der Waals surface area contributed by atoms with Crippen LogP contribution in [0, 0.1) is 6.92 Å². The van der Waals surface area contributed by atoms with Crippen LogP contribution >= 0.6 is 0 Å². The quantitative estimate of drug-likeness (QED) is 0.837. The third kappa shape index (κ3) is 3.97. The maximum absolute atomic E-state index is 8.93. The molecule has 2 aromatic carbocycles. The van der Waals surface area contributed by atoms with Gasteiger partial charge in [0.25, 0.3) is 0 Å². The van der Waals surface area contributed by atoms with E-state index in [2.05, 4.69) is 67.6 Å². The SMILES string of the molecule is Cc1ccc(/C=C/c2ccc(N(C)CCO)cc2)cc1. The predicted octanol–water partition coefficient (Wildman–Crippen LogP) is 3.59. The van der Waals surface area contributed by atoms with Crippen molar-refractivity contribution in [3.8, 4) is 0 Å². The van der Waals surface area contributed by atoms with Gasteiger partial charge in [0.05, 0.1) is 6.61 Å². The molecule has 0 saturated heterocycles. The fourth-order valence-corrected chi connectivity index (χ4v) is 1.99. The Balaban J connectivity index is 2.05. The fraction of sp³-hybridized carbons (Fsp3) is 0.222. The Kier molecular flexibility index (Phi) is 4.97. The number of aliphatic hydroxyl groups excluding tert-OH is 1. The molecule has 0 aliphatic rings. The summed E-state index contributed by atoms with van der Waals surface area (Å²) in [4.78, 5) is 2.04. The molecule has 0 unspecified atom stereocenters. The summed E-state index contributed by atoms with van der Waals surface area (Å²) in [6.45, 7) is 2.92. The summed E-state index contributed by atoms with van der Waals surface area (Å²) >= 11 is 0. The molecule has 1 N–H and O–H groups in total. The lowest BCUT2D eigenvalue weighted by Crippen LogP contribution is -2.20. The zero-order chi connectivity index (χ0) is 14.4. The Labute approximate surface area is 121 Å². The number of likely N-dealkylation sites (N-methyl/N-ethyl adjacent to an activating group) is 1. The van der Waals surface area contributed by atoms with Gasteiger partial charge in [-0.2, -0.15) is 0 Å². The summed E-state index contributed by atoms with van der Waals surface area (Å²) in [5.41, 5.74) is 4.77. The van der Waals surface area contributed by atoms with Gasteiger partial charge in [-0.05, 0) is 30.2 Å². The second-order valence-corrected chi connectivity index (χ2v) is 4.98. The van der Waals surface area contributed by atoms with Gasteiger partial charge >= 0.3 is 0 Å². The van der Waals surface area contributed by atoms with E-state index < -0.39 is 0 Å². The van der Waals surface area contributed by atoms with E-state index in [-0.39, 0.29) is 6.61 Å². The van der Waals surface area contributed by atoms with Crippen molar-refractivity contribution >= 4 is 17.8 Å². The first-order valence-corrected chi connectivity index (χ1v) is 6.86. The smallest absolute Gasteiger partial charge is 0.0606 e. The molecule has 0 spiro atoms. The van der Waals surface area contributed by atoms with Gasteiger partial charge in [0.2, 0.25) is 0 Å². The zero-order valence-corrected chi connectivity index (χ0v) is 12.1. The second kappa shape index (κ2) is 6.92. The average molecular weight is 267 g/mol. The molecule has 0 saturated carbocycles. The molecule has 2 nitrogen and oxygen atoms in total. The summed E-state index contributed by atoms with van der Waals surface area (Å²) < 4.78 is 0. The van der Waals surface area contributed by atoms with Crippen LogP contribution in [0.15, 0.2) is 48.5 Å². The minimum absolute atomic E-state index is 0.172. The molecular weight excluding hydrogens is 246 g/mol. The van der Waals surface area contributed by atoms with Crippen molar-refractivity contribution in [1.29, 1.82) is 0 Å². The Morgan fingerprint density at radius 2 is 1.40 bits per heavy atom. The zero-order valence-electron chi connectivity index (χ0n) is 12.1. The van der Waals surface area contributed by atoms with E-state index in [0.29, 0.717) is 6.54 Å². The molecule has 2 heteroatoms. The van der Waals surface area contributed by atoms with Crippen LogP contribution in [0.2, 0.25) is 0 Å². The van der Waals surface area contributed by atoms with Gasteiger partial charge in [0.15, 0.2) is 0 Å². The van der Waals surface area contributed by atoms with Crippen LogP contribution in [0.3, 0.4) is 0 Å². The third-order valence-electron chi connectivity index (χ3n) is 3.31. The van der Waals surface area contributed by atoms with Crippen LogP contribution < -0.4 is 4.90 Å². The van der Waals surface area contributed by atoms with Gasteiger partial charge in [-0.25, -0.2) is 0 Å². The monoisotopic (exact) mass is 267 g/mol. The Bertz CT molecular complexity index is 555. The normalized spacial score (nSPS) is 10.9. The molecule has 2 aromatic rings. The number of benzene rings is 2. The molecule has 0 radical (unpaired) electrons. The molecule has 0 fully saturated rings. The standard InChI is InChI=1S/C18H21NO/c1-15-3-5-16(6-4-15)7-8-17-9-11-18(12-10-17)19(2)13-14-20/h3-12,20H,13-14H2,1-2H3/b8-7+. The molecule has 20 heavy (non-hydrogen) atoms. The van der Waals surface area contributed by atoms with Gasteiger partial charge in [-0.1, -0.05) is 54.1 Å². The number of hydrogen-bond acceptors (Lipinski definition) is 2. The highest BCUT2D eigenvalue weighted by Gasteiger charge is 1.98. The molecule has 0 heterocycles. The summed E-state index contributed by atoms with van der Waals surface area (Å²) in [6.07, 6.45) is 4.23. The minimum atomic E-state index is 0.172. The molecule has 0 bridgehead atoms. The van der Waals surface area contributed by atoms with E-state index in [1.165, 1.54) is 16.7 Å². The summed E-state index contributed by atoms with van der Waals surface area (Å²) in [5.74, 6) is 0. The van der Waals surface area contributed by atoms with E-state index >= 15 is 0 Å². The van der Waals surface area contributed by atoms with E-state index in [4.69, 9.17) is 5.11 Å². The number of aliphatic hydroxyl groups is 1. The number of anilines is 1. The number of aryl methyl sites for hydroxylation is 1. The first-order valence-electron chi connectivity index (χ1n) is 6.86. The van der Waals surface area contributed by atoms with Crippen LogP contribution in [0.25, 0.3) is 12.2 Å². The molecule has 0 amide bonds. The third-order valence-corrected chi connectivity index (χ3v) is 3.31. The highest BCUT2D eigenvalue weighted by molar-refractivity contribution is 5.70. The lowest BCUT2D eigenvalue weighted by atomic mass is 10.1. The van der Waals surface area contributed by atoms with Gasteiger partial charge in [-0.15, -0.1) is 0 Å². The van der Waals surface area contributed by atoms with Crippen molar-refractivity contribution in [2.24, 2.45) is 0 Å². The van der Waals surface area contributed by atoms with E-state index in [9.17, 15) is 0 Å². The Morgan fingerprint density at radius 3 is 1.90 bits per heavy atom. The topological polar surface area (TPSA) is 23.5 Å². The molecule has 0 aliphatic heterocycles. The maximum atomic E-state index is 8.93. The van der Waals surface area contributed by atoms with Crippen molar-refractivity contribution in [2.75, 3.05) is 25.1 Å². The van der Waals surface area contributed by atoms with Gasteiger partial charge < -0.3 is 10.0 Å². The highest BCUT2D eigenvalue weighted by Crippen LogP contribution is 2.15. The van der Waals surface area contributed by atoms with Crippen LogP contribution in [0.4, 0.5) is 5.69 Å². The molecule has 2 rings (SSSR count). The Hall–Kier alpha value is -2.06. The van der Waals surface area contributed by atoms with Crippen LogP contribution in [0.5, 0.6) is 0 Å². The number of nitrogens with zero attached hydrogens (tertiary/aromatic N) is 1. The van der Waals surface area contributed by atoms with Gasteiger partial charge in [0, 0.05) is 19.3 Å². The summed E-state index contributed by atoms with van der Waals surface area (Å²) in [5, 5.41) is 8.93. The molecule has 104 valence electrons. The van der Waals surface area contributed by atoms with Crippen molar-refractivity contribution in [3.05, 3.63) is 65.2 Å². The number of rotatable bonds is 5. The molecular formula is C18H21NO. The lowest BCUT2D eigenvalue weighted by molar-refractivity contribution is 0.304. The van der Waals surface area contributed by atoms with Gasteiger partial charge in [-0.3, -0.25) is 0 Å². The molecule has 0 aliphatic carbocycles. The number of hydrogen-bond donors (Lipinski definition) is 1. The maximum Gasteiger partial charge on any atom is 0.0606 e. The minimum Gasteiger partial charge on any atom is -0.395 e. The van der Waals surface area contributed by atoms with Crippen molar-refractivity contribution in [3.63, 3.8) is 0 Å². The predicted molar refractivity (Wildman–Crippen MR) is 86.9 cm³/mol. The van der Waals surface area contributed by atoms with Crippen molar-refractivity contribution < 1.29 is 5.11 Å². The average Bonchev–Trinajstić information content (AvgIpc) is 2.47. The van der Waals surface area contributed by atoms with E-state index in [1.807, 2.05) is 11.9 Å². The largest absolute Gasteiger partial charge is 0.395 e.